The molecule has 1 aliphatic carbocycles. The first-order valence-corrected chi connectivity index (χ1v) is 8.75. The van der Waals surface area contributed by atoms with Crippen LogP contribution in [0.3, 0.4) is 0 Å². The Morgan fingerprint density at radius 1 is 1.31 bits per heavy atom. The van der Waals surface area contributed by atoms with Crippen LogP contribution >= 0.6 is 0 Å². The molecule has 0 amide bonds. The van der Waals surface area contributed by atoms with Crippen molar-refractivity contribution in [2.75, 3.05) is 0 Å². The van der Waals surface area contributed by atoms with Gasteiger partial charge in [-0.3, -0.25) is 10.1 Å². The maximum atomic E-state index is 13.2. The Kier molecular flexibility index (Phi) is 3.52. The lowest BCUT2D eigenvalue weighted by molar-refractivity contribution is -0.613. The number of aromatic nitrogens is 3. The summed E-state index contributed by atoms with van der Waals surface area (Å²) in [5, 5.41) is 32.5. The quantitative estimate of drug-likeness (QED) is 0.362. The highest BCUT2D eigenvalue weighted by molar-refractivity contribution is 5.55. The Morgan fingerprint density at radius 3 is 2.62 bits per heavy atom. The molecule has 1 saturated heterocycles. The van der Waals surface area contributed by atoms with Gasteiger partial charge in [-0.2, -0.15) is 0 Å². The number of rotatable bonds is 3. The molecule has 0 saturated carbocycles. The van der Waals surface area contributed by atoms with Crippen molar-refractivity contribution < 1.29 is 14.4 Å². The minimum absolute atomic E-state index is 0.0318. The first kappa shape index (κ1) is 16.8. The van der Waals surface area contributed by atoms with Gasteiger partial charge in [0.15, 0.2) is 5.69 Å². The van der Waals surface area contributed by atoms with Crippen LogP contribution in [0.4, 0.5) is 5.69 Å². The number of nitro benzene ring substituents is 1. The van der Waals surface area contributed by atoms with E-state index in [1.807, 2.05) is 13.8 Å². The molecule has 136 valence electrons. The van der Waals surface area contributed by atoms with Gasteiger partial charge in [0.1, 0.15) is 11.3 Å². The Morgan fingerprint density at radius 2 is 2.00 bits per heavy atom. The number of fused-ring (bicyclic) bond motifs is 2. The third kappa shape index (κ3) is 2.21. The average Bonchev–Trinajstić information content (AvgIpc) is 2.62. The van der Waals surface area contributed by atoms with Gasteiger partial charge in [-0.25, -0.2) is 4.73 Å². The molecule has 8 heteroatoms. The monoisotopic (exact) mass is 356 g/mol. The number of nitrogens with zero attached hydrogens (tertiary/aromatic N) is 4. The van der Waals surface area contributed by atoms with Gasteiger partial charge < -0.3 is 9.94 Å². The van der Waals surface area contributed by atoms with E-state index in [9.17, 15) is 15.3 Å². The molecule has 2 aliphatic heterocycles. The fourth-order valence-electron chi connectivity index (χ4n) is 4.26. The van der Waals surface area contributed by atoms with Crippen LogP contribution in [-0.4, -0.2) is 20.7 Å². The van der Waals surface area contributed by atoms with E-state index in [1.54, 1.807) is 0 Å². The van der Waals surface area contributed by atoms with Crippen molar-refractivity contribution in [3.63, 3.8) is 0 Å². The van der Waals surface area contributed by atoms with Gasteiger partial charge in [0.05, 0.1) is 27.1 Å². The zero-order chi connectivity index (χ0) is 18.7. The Bertz CT molecular complexity index is 901. The molecule has 1 aromatic heterocycles. The van der Waals surface area contributed by atoms with Crippen LogP contribution in [-0.2, 0) is 10.3 Å². The third-order valence-electron chi connectivity index (χ3n) is 5.87. The number of hydrogen-bond donors (Lipinski definition) is 0. The van der Waals surface area contributed by atoms with Crippen molar-refractivity contribution in [2.45, 2.75) is 57.2 Å². The van der Waals surface area contributed by atoms with E-state index in [0.29, 0.717) is 17.0 Å². The van der Waals surface area contributed by atoms with E-state index < -0.39 is 16.1 Å². The smallest absolute Gasteiger partial charge is 0.361 e. The number of nitro groups is 1. The average molecular weight is 356 g/mol. The van der Waals surface area contributed by atoms with Crippen LogP contribution in [0.1, 0.15) is 57.3 Å². The van der Waals surface area contributed by atoms with Crippen molar-refractivity contribution in [1.29, 1.82) is 0 Å². The molecule has 3 aliphatic rings. The molecule has 1 fully saturated rings. The number of benzene rings is 1. The van der Waals surface area contributed by atoms with Crippen LogP contribution < -0.4 is 4.73 Å². The Labute approximate surface area is 150 Å². The van der Waals surface area contributed by atoms with Gasteiger partial charge in [-0.05, 0) is 50.3 Å². The van der Waals surface area contributed by atoms with Crippen LogP contribution in [0.2, 0.25) is 0 Å². The number of non-ortho nitro benzene ring substituents is 1. The maximum Gasteiger partial charge on any atom is 0.361 e. The summed E-state index contributed by atoms with van der Waals surface area (Å²) < 4.78 is 7.20. The SMILES string of the molecule is CCC1(C)OC2(C)CCC1c1c2nnc(-c2ccc([N+](=O)[O-])cc2)[n+]1[O-]. The molecular weight excluding hydrogens is 336 g/mol. The predicted molar refractivity (Wildman–Crippen MR) is 92.2 cm³/mol. The molecular formula is C18H20N4O4. The van der Waals surface area contributed by atoms with E-state index >= 15 is 0 Å². The molecule has 8 nitrogen and oxygen atoms in total. The summed E-state index contributed by atoms with van der Waals surface area (Å²) in [5.41, 5.74) is 0.685. The lowest BCUT2D eigenvalue weighted by Crippen LogP contribution is -2.58. The van der Waals surface area contributed by atoms with Crippen molar-refractivity contribution in [3.05, 3.63) is 51.0 Å². The van der Waals surface area contributed by atoms with Gasteiger partial charge in [0, 0.05) is 12.1 Å². The fourth-order valence-corrected chi connectivity index (χ4v) is 4.26. The highest BCUT2D eigenvalue weighted by Crippen LogP contribution is 2.55. The van der Waals surface area contributed by atoms with E-state index in [4.69, 9.17) is 4.74 Å². The van der Waals surface area contributed by atoms with E-state index in [2.05, 4.69) is 17.1 Å². The summed E-state index contributed by atoms with van der Waals surface area (Å²) in [6, 6.07) is 5.79. The van der Waals surface area contributed by atoms with Gasteiger partial charge in [-0.1, -0.05) is 6.92 Å². The summed E-state index contributed by atoms with van der Waals surface area (Å²) in [6.45, 7) is 6.07. The molecule has 2 bridgehead atoms. The molecule has 2 aromatic rings. The molecule has 3 unspecified atom stereocenters. The highest BCUT2D eigenvalue weighted by atomic mass is 16.6. The first-order chi connectivity index (χ1) is 12.3. The maximum absolute atomic E-state index is 13.2. The number of hydrogen-bond acceptors (Lipinski definition) is 6. The third-order valence-corrected chi connectivity index (χ3v) is 5.87. The van der Waals surface area contributed by atoms with Crippen molar-refractivity contribution in [3.8, 4) is 11.4 Å². The normalized spacial score (nSPS) is 29.4. The van der Waals surface area contributed by atoms with Crippen LogP contribution in [0.15, 0.2) is 24.3 Å². The van der Waals surface area contributed by atoms with Gasteiger partial charge in [-0.15, -0.1) is 0 Å². The highest BCUT2D eigenvalue weighted by Gasteiger charge is 2.57. The lowest BCUT2D eigenvalue weighted by Gasteiger charge is -2.53. The molecule has 3 heterocycles. The summed E-state index contributed by atoms with van der Waals surface area (Å²) in [5.74, 6) is 0.113. The van der Waals surface area contributed by atoms with Crippen molar-refractivity contribution >= 4 is 5.69 Å². The van der Waals surface area contributed by atoms with Gasteiger partial charge in [0.25, 0.3) is 5.69 Å². The predicted octanol–water partition coefficient (Wildman–Crippen LogP) is 2.98. The number of ether oxygens (including phenoxy) is 1. The standard InChI is InChI=1S/C18H20N4O4/c1-4-17(2)13-9-10-18(3,26-17)15-14(13)21(23)16(20-19-15)11-5-7-12(8-6-11)22(24)25/h5-8,13H,4,9-10H2,1-3H3. The van der Waals surface area contributed by atoms with E-state index in [1.165, 1.54) is 24.3 Å². The van der Waals surface area contributed by atoms with Crippen molar-refractivity contribution in [2.24, 2.45) is 0 Å². The minimum atomic E-state index is -0.609. The Balaban J connectivity index is 1.86. The second-order valence-electron chi connectivity index (χ2n) is 7.45. The molecule has 0 N–H and O–H groups in total. The van der Waals surface area contributed by atoms with Crippen LogP contribution in [0, 0.1) is 15.3 Å². The summed E-state index contributed by atoms with van der Waals surface area (Å²) in [4.78, 5) is 10.4. The van der Waals surface area contributed by atoms with Crippen molar-refractivity contribution in [1.82, 2.24) is 10.2 Å². The van der Waals surface area contributed by atoms with Crippen LogP contribution in [0.5, 0.6) is 0 Å². The zero-order valence-corrected chi connectivity index (χ0v) is 14.9. The summed E-state index contributed by atoms with van der Waals surface area (Å²) >= 11 is 0. The second-order valence-corrected chi connectivity index (χ2v) is 7.45. The van der Waals surface area contributed by atoms with Gasteiger partial charge >= 0.3 is 5.82 Å². The first-order valence-electron chi connectivity index (χ1n) is 8.75. The van der Waals surface area contributed by atoms with E-state index in [0.717, 1.165) is 24.0 Å². The summed E-state index contributed by atoms with van der Waals surface area (Å²) in [7, 11) is 0. The zero-order valence-electron chi connectivity index (χ0n) is 14.9. The molecule has 0 spiro atoms. The molecule has 5 rings (SSSR count). The fraction of sp³-hybridized carbons (Fsp3) is 0.500. The second kappa shape index (κ2) is 5.44. The Hall–Kier alpha value is -2.61. The molecule has 3 atom stereocenters. The molecule has 1 aromatic carbocycles. The minimum Gasteiger partial charge on any atom is -0.710 e. The van der Waals surface area contributed by atoms with E-state index in [-0.39, 0.29) is 17.4 Å². The molecule has 0 radical (unpaired) electrons. The molecule has 26 heavy (non-hydrogen) atoms. The lowest BCUT2D eigenvalue weighted by atomic mass is 9.67. The topological polar surface area (TPSA) is 105 Å². The summed E-state index contributed by atoms with van der Waals surface area (Å²) in [6.07, 6.45) is 2.47. The van der Waals surface area contributed by atoms with Gasteiger partial charge in [0.2, 0.25) is 0 Å². The van der Waals surface area contributed by atoms with Crippen LogP contribution in [0.25, 0.3) is 11.4 Å². The largest absolute Gasteiger partial charge is 0.710 e.